The summed E-state index contributed by atoms with van der Waals surface area (Å²) in [7, 11) is 0. The van der Waals surface area contributed by atoms with Crippen molar-refractivity contribution in [2.24, 2.45) is 5.92 Å². The fourth-order valence-corrected chi connectivity index (χ4v) is 7.01. The Morgan fingerprint density at radius 1 is 0.262 bits per heavy atom. The Hall–Kier alpha value is 0. The topological polar surface area (TPSA) is 0 Å². The summed E-state index contributed by atoms with van der Waals surface area (Å²) in [5.74, 6) is 0.995. The van der Waals surface area contributed by atoms with E-state index in [0.717, 1.165) is 12.3 Å². The van der Waals surface area contributed by atoms with Gasteiger partial charge in [0.05, 0.1) is 0 Å². The largest absolute Gasteiger partial charge is 0.0654 e. The average Bonchev–Trinajstić information content (AvgIpc) is 3.00. The van der Waals surface area contributed by atoms with Gasteiger partial charge >= 0.3 is 0 Å². The van der Waals surface area contributed by atoms with Gasteiger partial charge in [0.2, 0.25) is 0 Å². The van der Waals surface area contributed by atoms with Crippen molar-refractivity contribution in [3.8, 4) is 0 Å². The Bertz CT molecular complexity index is 439. The lowest BCUT2D eigenvalue weighted by Crippen LogP contribution is -2.01. The Morgan fingerprint density at radius 3 is 0.667 bits per heavy atom. The van der Waals surface area contributed by atoms with Crippen LogP contribution in [0.25, 0.3) is 0 Å². The Balaban J connectivity index is 3.44. The SMILES string of the molecule is [CH2]CCCC(CCCCCCCCCCCCCCCCCC)CCCCCCCCCCCCCCCCCCC. The summed E-state index contributed by atoms with van der Waals surface area (Å²) in [5.41, 5.74) is 0. The van der Waals surface area contributed by atoms with Crippen molar-refractivity contribution in [1.82, 2.24) is 0 Å². The molecule has 0 heteroatoms. The van der Waals surface area contributed by atoms with E-state index in [1.165, 1.54) is 238 Å². The Kier molecular flexibility index (Phi) is 39.0. The van der Waals surface area contributed by atoms with Gasteiger partial charge in [-0.1, -0.05) is 265 Å². The fraction of sp³-hybridized carbons (Fsp3) is 0.976. The smallest absolute Gasteiger partial charge is 0.0414 e. The lowest BCUT2D eigenvalue weighted by atomic mass is 9.90. The molecule has 0 saturated carbocycles. The summed E-state index contributed by atoms with van der Waals surface area (Å²) < 4.78 is 0. The van der Waals surface area contributed by atoms with Gasteiger partial charge < -0.3 is 0 Å². The average molecular weight is 590 g/mol. The summed E-state index contributed by atoms with van der Waals surface area (Å²) in [6, 6.07) is 0. The van der Waals surface area contributed by atoms with Gasteiger partial charge in [0.15, 0.2) is 0 Å². The van der Waals surface area contributed by atoms with Gasteiger partial charge in [-0.25, -0.2) is 0 Å². The maximum Gasteiger partial charge on any atom is -0.0414 e. The number of rotatable bonds is 38. The van der Waals surface area contributed by atoms with E-state index in [1.54, 1.807) is 0 Å². The summed E-state index contributed by atoms with van der Waals surface area (Å²) in [6.07, 6.45) is 55.6. The molecule has 0 aliphatic rings. The minimum absolute atomic E-state index is 0.995. The zero-order valence-electron chi connectivity index (χ0n) is 30.2. The molecule has 0 rings (SSSR count). The lowest BCUT2D eigenvalue weighted by molar-refractivity contribution is 0.372. The third kappa shape index (κ3) is 36.2. The molecule has 0 amide bonds. The van der Waals surface area contributed by atoms with Crippen LogP contribution in [0.1, 0.15) is 258 Å². The minimum Gasteiger partial charge on any atom is -0.0654 e. The van der Waals surface area contributed by atoms with Gasteiger partial charge in [-0.3, -0.25) is 0 Å². The molecule has 253 valence electrons. The van der Waals surface area contributed by atoms with E-state index in [9.17, 15) is 0 Å². The Morgan fingerprint density at radius 2 is 0.452 bits per heavy atom. The number of hydrogen-bond donors (Lipinski definition) is 0. The van der Waals surface area contributed by atoms with E-state index in [-0.39, 0.29) is 0 Å². The first kappa shape index (κ1) is 42.0. The van der Waals surface area contributed by atoms with Crippen molar-refractivity contribution in [2.75, 3.05) is 0 Å². The van der Waals surface area contributed by atoms with Crippen LogP contribution < -0.4 is 0 Å². The van der Waals surface area contributed by atoms with E-state index in [0.29, 0.717) is 0 Å². The third-order valence-electron chi connectivity index (χ3n) is 10.0. The highest BCUT2D eigenvalue weighted by molar-refractivity contribution is 4.62. The maximum absolute atomic E-state index is 4.12. The van der Waals surface area contributed by atoms with Crippen LogP contribution in [-0.4, -0.2) is 0 Å². The molecule has 0 heterocycles. The van der Waals surface area contributed by atoms with Crippen molar-refractivity contribution < 1.29 is 0 Å². The van der Waals surface area contributed by atoms with E-state index in [1.807, 2.05) is 0 Å². The summed E-state index contributed by atoms with van der Waals surface area (Å²) in [6.45, 7) is 8.74. The quantitative estimate of drug-likeness (QED) is 0.0628. The second-order valence-electron chi connectivity index (χ2n) is 14.4. The van der Waals surface area contributed by atoms with Crippen molar-refractivity contribution >= 4 is 0 Å². The van der Waals surface area contributed by atoms with Crippen LogP contribution in [0.5, 0.6) is 0 Å². The number of hydrogen-bond acceptors (Lipinski definition) is 0. The maximum atomic E-state index is 4.12. The lowest BCUT2D eigenvalue weighted by Gasteiger charge is -2.16. The third-order valence-corrected chi connectivity index (χ3v) is 10.0. The molecular weight excluding hydrogens is 504 g/mol. The predicted molar refractivity (Wildman–Crippen MR) is 196 cm³/mol. The molecule has 1 atom stereocenters. The first-order valence-corrected chi connectivity index (χ1v) is 20.6. The van der Waals surface area contributed by atoms with Crippen LogP contribution in [0.3, 0.4) is 0 Å². The van der Waals surface area contributed by atoms with E-state index >= 15 is 0 Å². The van der Waals surface area contributed by atoms with Crippen LogP contribution in [0, 0.1) is 12.8 Å². The zero-order valence-corrected chi connectivity index (χ0v) is 30.2. The van der Waals surface area contributed by atoms with Gasteiger partial charge in [-0.05, 0) is 5.92 Å². The molecule has 42 heavy (non-hydrogen) atoms. The molecule has 0 aliphatic heterocycles. The second kappa shape index (κ2) is 39.0. The van der Waals surface area contributed by atoms with Crippen LogP contribution in [0.4, 0.5) is 0 Å². The van der Waals surface area contributed by atoms with E-state index in [2.05, 4.69) is 20.8 Å². The normalized spacial score (nSPS) is 12.4. The van der Waals surface area contributed by atoms with Gasteiger partial charge in [0.25, 0.3) is 0 Å². The molecule has 0 aromatic rings. The molecule has 0 aromatic heterocycles. The monoisotopic (exact) mass is 590 g/mol. The first-order chi connectivity index (χ1) is 20.8. The van der Waals surface area contributed by atoms with Crippen molar-refractivity contribution in [3.63, 3.8) is 0 Å². The highest BCUT2D eigenvalue weighted by Crippen LogP contribution is 2.24. The molecule has 0 aliphatic carbocycles. The van der Waals surface area contributed by atoms with E-state index < -0.39 is 0 Å². The molecule has 1 unspecified atom stereocenters. The van der Waals surface area contributed by atoms with E-state index in [4.69, 9.17) is 0 Å². The van der Waals surface area contributed by atoms with Gasteiger partial charge in [0.1, 0.15) is 0 Å². The fourth-order valence-electron chi connectivity index (χ4n) is 7.01. The summed E-state index contributed by atoms with van der Waals surface area (Å²) in [5, 5.41) is 0. The van der Waals surface area contributed by atoms with Crippen molar-refractivity contribution in [2.45, 2.75) is 258 Å². The molecule has 0 fully saturated rings. The molecule has 0 bridgehead atoms. The van der Waals surface area contributed by atoms with Crippen LogP contribution in [0.15, 0.2) is 0 Å². The molecule has 0 N–H and O–H groups in total. The molecular formula is C42H85. The van der Waals surface area contributed by atoms with Crippen LogP contribution in [0.2, 0.25) is 0 Å². The number of unbranched alkanes of at least 4 members (excludes halogenated alkanes) is 32. The molecule has 0 nitrogen and oxygen atoms in total. The van der Waals surface area contributed by atoms with Gasteiger partial charge in [-0.15, -0.1) is 0 Å². The summed E-state index contributed by atoms with van der Waals surface area (Å²) in [4.78, 5) is 0. The highest BCUT2D eigenvalue weighted by atomic mass is 14.1. The summed E-state index contributed by atoms with van der Waals surface area (Å²) >= 11 is 0. The highest BCUT2D eigenvalue weighted by Gasteiger charge is 2.08. The van der Waals surface area contributed by atoms with Crippen molar-refractivity contribution in [3.05, 3.63) is 6.92 Å². The van der Waals surface area contributed by atoms with Crippen molar-refractivity contribution in [1.29, 1.82) is 0 Å². The molecule has 0 saturated heterocycles. The molecule has 0 spiro atoms. The Labute approximate surface area is 270 Å². The second-order valence-corrected chi connectivity index (χ2v) is 14.4. The minimum atomic E-state index is 0.995. The molecule has 1 radical (unpaired) electrons. The first-order valence-electron chi connectivity index (χ1n) is 20.6. The van der Waals surface area contributed by atoms with Gasteiger partial charge in [0, 0.05) is 0 Å². The zero-order chi connectivity index (χ0) is 30.4. The standard InChI is InChI=1S/C42H85/c1-4-7-10-12-14-16-18-20-22-24-26-28-30-32-34-36-38-41-42(39-9-6-3)40-37-35-33-31-29-27-25-23-21-19-17-15-13-11-8-5-2/h42H,3-41H2,1-2H3. The van der Waals surface area contributed by atoms with Crippen LogP contribution >= 0.6 is 0 Å². The predicted octanol–water partition coefficient (Wildman–Crippen LogP) is 16.3. The van der Waals surface area contributed by atoms with Gasteiger partial charge in [-0.2, -0.15) is 0 Å². The van der Waals surface area contributed by atoms with Crippen LogP contribution in [-0.2, 0) is 0 Å². The molecule has 0 aromatic carbocycles.